The summed E-state index contributed by atoms with van der Waals surface area (Å²) in [5.74, 6) is -0.428. The summed E-state index contributed by atoms with van der Waals surface area (Å²) in [6, 6.07) is 4.21. The molecule has 0 aliphatic rings. The number of amides is 1. The van der Waals surface area contributed by atoms with Crippen molar-refractivity contribution in [1.29, 1.82) is 0 Å². The number of anilines is 1. The van der Waals surface area contributed by atoms with Gasteiger partial charge in [0.05, 0.1) is 13.2 Å². The van der Waals surface area contributed by atoms with E-state index < -0.39 is 5.82 Å². The molecule has 0 fully saturated rings. The molecule has 0 radical (unpaired) electrons. The van der Waals surface area contributed by atoms with Crippen LogP contribution in [0.15, 0.2) is 18.2 Å². The first-order valence-electron chi connectivity index (χ1n) is 5.84. The van der Waals surface area contributed by atoms with Crippen LogP contribution in [0.25, 0.3) is 0 Å². The minimum Gasteiger partial charge on any atom is -0.392 e. The third-order valence-electron chi connectivity index (χ3n) is 2.76. The predicted molar refractivity (Wildman–Crippen MR) is 68.9 cm³/mol. The molecular weight excluding hydrogens is 235 g/mol. The second-order valence-electron chi connectivity index (χ2n) is 4.23. The molecule has 0 bridgehead atoms. The molecule has 0 heterocycles. The zero-order valence-corrected chi connectivity index (χ0v) is 11.0. The first-order valence-corrected chi connectivity index (χ1v) is 5.84. The molecular formula is C13H19FN2O2. The second-order valence-corrected chi connectivity index (χ2v) is 4.23. The van der Waals surface area contributed by atoms with Gasteiger partial charge < -0.3 is 14.9 Å². The van der Waals surface area contributed by atoms with Gasteiger partial charge in [0, 0.05) is 31.9 Å². The fourth-order valence-electron chi connectivity index (χ4n) is 1.66. The Morgan fingerprint density at radius 1 is 1.39 bits per heavy atom. The number of carbonyl (C=O) groups is 1. The molecule has 0 saturated heterocycles. The standard InChI is InChI=1S/C13H19FN2O2/c1-4-16(8-13(18)15(2)3)12-6-5-11(14)7-10(12)9-17/h5-7,17H,4,8-9H2,1-3H3. The number of rotatable bonds is 5. The summed E-state index contributed by atoms with van der Waals surface area (Å²) in [6.45, 7) is 2.48. The van der Waals surface area contributed by atoms with Crippen LogP contribution in [0.1, 0.15) is 12.5 Å². The van der Waals surface area contributed by atoms with Crippen LogP contribution in [-0.2, 0) is 11.4 Å². The average Bonchev–Trinajstić information content (AvgIpc) is 2.35. The van der Waals surface area contributed by atoms with Crippen LogP contribution in [-0.4, -0.2) is 43.1 Å². The van der Waals surface area contributed by atoms with Gasteiger partial charge in [-0.15, -0.1) is 0 Å². The normalized spacial score (nSPS) is 10.3. The van der Waals surface area contributed by atoms with Gasteiger partial charge >= 0.3 is 0 Å². The topological polar surface area (TPSA) is 43.8 Å². The third kappa shape index (κ3) is 3.43. The summed E-state index contributed by atoms with van der Waals surface area (Å²) < 4.78 is 13.1. The van der Waals surface area contributed by atoms with Crippen molar-refractivity contribution in [3.05, 3.63) is 29.6 Å². The van der Waals surface area contributed by atoms with Gasteiger partial charge in [0.2, 0.25) is 5.91 Å². The largest absolute Gasteiger partial charge is 0.392 e. The van der Waals surface area contributed by atoms with Crippen LogP contribution in [0.2, 0.25) is 0 Å². The second kappa shape index (κ2) is 6.35. The molecule has 0 aliphatic heterocycles. The molecule has 4 nitrogen and oxygen atoms in total. The van der Waals surface area contributed by atoms with Crippen LogP contribution in [0, 0.1) is 5.82 Å². The summed E-state index contributed by atoms with van der Waals surface area (Å²) in [7, 11) is 3.38. The average molecular weight is 254 g/mol. The number of benzene rings is 1. The van der Waals surface area contributed by atoms with Crippen molar-refractivity contribution in [2.45, 2.75) is 13.5 Å². The van der Waals surface area contributed by atoms with E-state index in [9.17, 15) is 14.3 Å². The fourth-order valence-corrected chi connectivity index (χ4v) is 1.66. The molecule has 5 heteroatoms. The Morgan fingerprint density at radius 2 is 2.06 bits per heavy atom. The molecule has 1 aromatic carbocycles. The minimum absolute atomic E-state index is 0.0370. The highest BCUT2D eigenvalue weighted by atomic mass is 19.1. The summed E-state index contributed by atoms with van der Waals surface area (Å²) >= 11 is 0. The monoisotopic (exact) mass is 254 g/mol. The van der Waals surface area contributed by atoms with Gasteiger partial charge in [-0.25, -0.2) is 4.39 Å². The lowest BCUT2D eigenvalue weighted by atomic mass is 10.1. The summed E-state index contributed by atoms with van der Waals surface area (Å²) in [4.78, 5) is 15.0. The van der Waals surface area contributed by atoms with E-state index >= 15 is 0 Å². The van der Waals surface area contributed by atoms with E-state index in [1.807, 2.05) is 11.8 Å². The van der Waals surface area contributed by atoms with Crippen molar-refractivity contribution in [2.24, 2.45) is 0 Å². The van der Waals surface area contributed by atoms with Gasteiger partial charge in [-0.05, 0) is 25.1 Å². The lowest BCUT2D eigenvalue weighted by molar-refractivity contribution is -0.127. The van der Waals surface area contributed by atoms with E-state index in [2.05, 4.69) is 0 Å². The van der Waals surface area contributed by atoms with E-state index in [0.717, 1.165) is 0 Å². The molecule has 1 aromatic rings. The molecule has 0 atom stereocenters. The van der Waals surface area contributed by atoms with Crippen LogP contribution in [0.3, 0.4) is 0 Å². The number of carbonyl (C=O) groups excluding carboxylic acids is 1. The first-order chi connectivity index (χ1) is 8.49. The van der Waals surface area contributed by atoms with Crippen molar-refractivity contribution in [1.82, 2.24) is 4.90 Å². The summed E-state index contributed by atoms with van der Waals surface area (Å²) in [5, 5.41) is 9.24. The van der Waals surface area contributed by atoms with Crippen LogP contribution < -0.4 is 4.90 Å². The lowest BCUT2D eigenvalue weighted by Crippen LogP contribution is -2.37. The van der Waals surface area contributed by atoms with Crippen molar-refractivity contribution in [2.75, 3.05) is 32.1 Å². The molecule has 0 spiro atoms. The van der Waals surface area contributed by atoms with Gasteiger partial charge in [0.1, 0.15) is 5.82 Å². The van der Waals surface area contributed by atoms with E-state index in [4.69, 9.17) is 0 Å². The van der Waals surface area contributed by atoms with Crippen molar-refractivity contribution in [3.8, 4) is 0 Å². The first kappa shape index (κ1) is 14.4. The number of aliphatic hydroxyl groups excluding tert-OH is 1. The van der Waals surface area contributed by atoms with Crippen molar-refractivity contribution in [3.63, 3.8) is 0 Å². The molecule has 0 saturated carbocycles. The number of likely N-dealkylation sites (N-methyl/N-ethyl adjacent to an activating group) is 2. The highest BCUT2D eigenvalue weighted by molar-refractivity contribution is 5.81. The lowest BCUT2D eigenvalue weighted by Gasteiger charge is -2.26. The van der Waals surface area contributed by atoms with Gasteiger partial charge in [-0.2, -0.15) is 0 Å². The highest BCUT2D eigenvalue weighted by Gasteiger charge is 2.14. The SMILES string of the molecule is CCN(CC(=O)N(C)C)c1ccc(F)cc1CO. The molecule has 0 aliphatic carbocycles. The molecule has 0 unspecified atom stereocenters. The van der Waals surface area contributed by atoms with Gasteiger partial charge in [-0.3, -0.25) is 4.79 Å². The summed E-state index contributed by atoms with van der Waals surface area (Å²) in [5.41, 5.74) is 1.18. The van der Waals surface area contributed by atoms with Crippen molar-refractivity contribution >= 4 is 11.6 Å². The maximum atomic E-state index is 13.1. The number of aliphatic hydroxyl groups is 1. The maximum absolute atomic E-state index is 13.1. The third-order valence-corrected chi connectivity index (χ3v) is 2.76. The maximum Gasteiger partial charge on any atom is 0.241 e. The van der Waals surface area contributed by atoms with Gasteiger partial charge in [0.25, 0.3) is 0 Å². The fraction of sp³-hybridized carbons (Fsp3) is 0.462. The Morgan fingerprint density at radius 3 is 2.56 bits per heavy atom. The zero-order chi connectivity index (χ0) is 13.7. The van der Waals surface area contributed by atoms with E-state index in [0.29, 0.717) is 17.8 Å². The Kier molecular flexibility index (Phi) is 5.09. The molecule has 1 amide bonds. The number of halogens is 1. The minimum atomic E-state index is -0.391. The Labute approximate surface area is 107 Å². The predicted octanol–water partition coefficient (Wildman–Crippen LogP) is 1.23. The summed E-state index contributed by atoms with van der Waals surface area (Å²) in [6.07, 6.45) is 0. The number of nitrogens with zero attached hydrogens (tertiary/aromatic N) is 2. The van der Waals surface area contributed by atoms with Crippen LogP contribution in [0.4, 0.5) is 10.1 Å². The van der Waals surface area contributed by atoms with Crippen LogP contribution in [0.5, 0.6) is 0 Å². The van der Waals surface area contributed by atoms with Crippen molar-refractivity contribution < 1.29 is 14.3 Å². The van der Waals surface area contributed by atoms with E-state index in [1.165, 1.54) is 17.0 Å². The number of hydrogen-bond donors (Lipinski definition) is 1. The molecule has 0 aromatic heterocycles. The smallest absolute Gasteiger partial charge is 0.241 e. The van der Waals surface area contributed by atoms with E-state index in [-0.39, 0.29) is 19.1 Å². The highest BCUT2D eigenvalue weighted by Crippen LogP contribution is 2.21. The Hall–Kier alpha value is -1.62. The molecule has 1 N–H and O–H groups in total. The van der Waals surface area contributed by atoms with Gasteiger partial charge in [0.15, 0.2) is 0 Å². The Bertz CT molecular complexity index is 421. The number of hydrogen-bond acceptors (Lipinski definition) is 3. The van der Waals surface area contributed by atoms with Gasteiger partial charge in [-0.1, -0.05) is 0 Å². The van der Waals surface area contributed by atoms with Crippen LogP contribution >= 0.6 is 0 Å². The Balaban J connectivity index is 2.98. The molecule has 1 rings (SSSR count). The zero-order valence-electron chi connectivity index (χ0n) is 11.0. The van der Waals surface area contributed by atoms with E-state index in [1.54, 1.807) is 20.2 Å². The molecule has 100 valence electrons. The quantitative estimate of drug-likeness (QED) is 0.859. The molecule has 18 heavy (non-hydrogen) atoms.